The Balaban J connectivity index is 1.57. The molecule has 0 spiro atoms. The number of hydrogen-bond acceptors (Lipinski definition) is 8. The van der Waals surface area contributed by atoms with Crippen molar-refractivity contribution in [2.45, 2.75) is 95.4 Å². The molecule has 1 aromatic rings. The average Bonchev–Trinajstić information content (AvgIpc) is 3.15. The van der Waals surface area contributed by atoms with E-state index in [0.29, 0.717) is 70.8 Å². The van der Waals surface area contributed by atoms with Crippen LogP contribution in [0.15, 0.2) is 42.5 Å². The summed E-state index contributed by atoms with van der Waals surface area (Å²) in [7, 11) is 0. The SMILES string of the molecule is O=C(CCC/C=C\C[C@@H]1[C@@H](CC[C@@H](O)CCc2ccccc2)[C@H](O)C[C@@H]1O)OCCCCCO[N+](=O)[O-]. The minimum absolute atomic E-state index is 0.0340. The smallest absolute Gasteiger partial charge is 0.305 e. The molecule has 1 aromatic carbocycles. The lowest BCUT2D eigenvalue weighted by atomic mass is 9.85. The third-order valence-electron chi connectivity index (χ3n) is 7.04. The van der Waals surface area contributed by atoms with Crippen LogP contribution >= 0.6 is 0 Å². The highest BCUT2D eigenvalue weighted by atomic mass is 16.9. The van der Waals surface area contributed by atoms with Gasteiger partial charge in [0.2, 0.25) is 0 Å². The summed E-state index contributed by atoms with van der Waals surface area (Å²) < 4.78 is 5.17. The lowest BCUT2D eigenvalue weighted by Crippen LogP contribution is -2.23. The molecular weight excluding hydrogens is 478 g/mol. The van der Waals surface area contributed by atoms with Crippen molar-refractivity contribution in [3.05, 3.63) is 58.2 Å². The highest BCUT2D eigenvalue weighted by molar-refractivity contribution is 5.69. The second-order valence-electron chi connectivity index (χ2n) is 9.89. The fourth-order valence-electron chi connectivity index (χ4n) is 4.93. The maximum absolute atomic E-state index is 11.8. The van der Waals surface area contributed by atoms with Gasteiger partial charge in [0, 0.05) is 6.42 Å². The molecule has 0 aliphatic heterocycles. The van der Waals surface area contributed by atoms with E-state index in [2.05, 4.69) is 17.0 Å². The number of aliphatic hydroxyl groups is 3. The van der Waals surface area contributed by atoms with Crippen LogP contribution in [0.4, 0.5) is 0 Å². The number of rotatable bonds is 19. The molecule has 0 amide bonds. The molecule has 37 heavy (non-hydrogen) atoms. The van der Waals surface area contributed by atoms with Crippen LogP contribution in [0.25, 0.3) is 0 Å². The molecule has 0 radical (unpaired) electrons. The van der Waals surface area contributed by atoms with Gasteiger partial charge in [0.05, 0.1) is 31.5 Å². The van der Waals surface area contributed by atoms with Crippen molar-refractivity contribution < 1.29 is 34.8 Å². The predicted molar refractivity (Wildman–Crippen MR) is 139 cm³/mol. The summed E-state index contributed by atoms with van der Waals surface area (Å²) in [4.78, 5) is 26.1. The largest absolute Gasteiger partial charge is 0.466 e. The second-order valence-corrected chi connectivity index (χ2v) is 9.89. The molecule has 0 aromatic heterocycles. The summed E-state index contributed by atoms with van der Waals surface area (Å²) in [6.07, 6.45) is 9.92. The van der Waals surface area contributed by atoms with E-state index in [1.165, 1.54) is 5.56 Å². The number of ether oxygens (including phenoxy) is 1. The molecule has 5 atom stereocenters. The van der Waals surface area contributed by atoms with E-state index in [0.717, 1.165) is 12.8 Å². The third-order valence-corrected chi connectivity index (χ3v) is 7.04. The van der Waals surface area contributed by atoms with Crippen LogP contribution in [-0.2, 0) is 20.8 Å². The van der Waals surface area contributed by atoms with Crippen LogP contribution in [0.3, 0.4) is 0 Å². The first-order valence-corrected chi connectivity index (χ1v) is 13.5. The van der Waals surface area contributed by atoms with Crippen LogP contribution in [0.1, 0.15) is 76.2 Å². The number of carbonyl (C=O) groups excluding carboxylic acids is 1. The van der Waals surface area contributed by atoms with Crippen molar-refractivity contribution in [3.8, 4) is 0 Å². The minimum atomic E-state index is -0.813. The van der Waals surface area contributed by atoms with Gasteiger partial charge in [-0.05, 0) is 88.0 Å². The zero-order valence-electron chi connectivity index (χ0n) is 21.7. The van der Waals surface area contributed by atoms with Crippen molar-refractivity contribution in [2.75, 3.05) is 13.2 Å². The molecule has 3 N–H and O–H groups in total. The molecule has 1 saturated carbocycles. The van der Waals surface area contributed by atoms with E-state index in [4.69, 9.17) is 4.74 Å². The molecule has 2 rings (SSSR count). The van der Waals surface area contributed by atoms with Gasteiger partial charge in [0.1, 0.15) is 0 Å². The number of carbonyl (C=O) groups is 1. The van der Waals surface area contributed by atoms with Gasteiger partial charge < -0.3 is 24.9 Å². The summed E-state index contributed by atoms with van der Waals surface area (Å²) in [5.41, 5.74) is 1.20. The molecule has 1 fully saturated rings. The van der Waals surface area contributed by atoms with Gasteiger partial charge in [0.25, 0.3) is 5.09 Å². The number of allylic oxidation sites excluding steroid dienone is 2. The highest BCUT2D eigenvalue weighted by Gasteiger charge is 2.40. The Hall–Kier alpha value is -2.49. The average molecular weight is 522 g/mol. The number of aryl methyl sites for hydroxylation is 1. The van der Waals surface area contributed by atoms with E-state index in [1.807, 2.05) is 30.4 Å². The van der Waals surface area contributed by atoms with Crippen molar-refractivity contribution >= 4 is 5.97 Å². The summed E-state index contributed by atoms with van der Waals surface area (Å²) in [5, 5.41) is 40.5. The van der Waals surface area contributed by atoms with Gasteiger partial charge in [-0.25, -0.2) is 0 Å². The lowest BCUT2D eigenvalue weighted by Gasteiger charge is -2.23. The second kappa shape index (κ2) is 17.9. The maximum atomic E-state index is 11.8. The number of aliphatic hydroxyl groups excluding tert-OH is 3. The van der Waals surface area contributed by atoms with Gasteiger partial charge in [-0.1, -0.05) is 42.5 Å². The third kappa shape index (κ3) is 13.0. The molecule has 1 aliphatic rings. The van der Waals surface area contributed by atoms with Gasteiger partial charge in [-0.15, -0.1) is 10.1 Å². The lowest BCUT2D eigenvalue weighted by molar-refractivity contribution is -0.757. The Morgan fingerprint density at radius 1 is 1.03 bits per heavy atom. The molecule has 0 heterocycles. The van der Waals surface area contributed by atoms with Crippen LogP contribution in [0.2, 0.25) is 0 Å². The number of unbranched alkanes of at least 4 members (excludes halogenated alkanes) is 3. The highest BCUT2D eigenvalue weighted by Crippen LogP contribution is 2.38. The van der Waals surface area contributed by atoms with Gasteiger partial charge in [-0.2, -0.15) is 0 Å². The quantitative estimate of drug-likeness (QED) is 0.0811. The van der Waals surface area contributed by atoms with Crippen LogP contribution in [0.5, 0.6) is 0 Å². The molecule has 1 aliphatic carbocycles. The summed E-state index contributed by atoms with van der Waals surface area (Å²) >= 11 is 0. The van der Waals surface area contributed by atoms with Crippen molar-refractivity contribution in [3.63, 3.8) is 0 Å². The molecular formula is C28H43NO8. The van der Waals surface area contributed by atoms with Crippen molar-refractivity contribution in [1.82, 2.24) is 0 Å². The van der Waals surface area contributed by atoms with Crippen molar-refractivity contribution in [2.24, 2.45) is 11.8 Å². The van der Waals surface area contributed by atoms with Crippen LogP contribution in [0, 0.1) is 22.0 Å². The first-order valence-electron chi connectivity index (χ1n) is 13.5. The standard InChI is InChI=1S/C28H43NO8/c30-23(16-15-22-11-5-3-6-12-22)17-18-25-24(26(31)21-27(25)32)13-7-1-2-8-14-28(33)36-19-9-4-10-20-37-29(34)35/h1,3,5-7,11-12,23-27,30-32H,2,4,8-10,13-21H2/b7-1-/t23-,24+,25+,26-,27+/m0/s1. The zero-order chi connectivity index (χ0) is 26.9. The Kier molecular flexibility index (Phi) is 14.8. The summed E-state index contributed by atoms with van der Waals surface area (Å²) in [5.74, 6) is -0.324. The van der Waals surface area contributed by atoms with E-state index >= 15 is 0 Å². The fourth-order valence-corrected chi connectivity index (χ4v) is 4.93. The van der Waals surface area contributed by atoms with Gasteiger partial charge >= 0.3 is 5.97 Å². The Morgan fingerprint density at radius 3 is 2.51 bits per heavy atom. The fraction of sp³-hybridized carbons (Fsp3) is 0.679. The Morgan fingerprint density at radius 2 is 1.76 bits per heavy atom. The summed E-state index contributed by atoms with van der Waals surface area (Å²) in [6.45, 7) is 0.360. The number of benzene rings is 1. The van der Waals surface area contributed by atoms with Gasteiger partial charge in [0.15, 0.2) is 0 Å². The number of hydrogen-bond donors (Lipinski definition) is 3. The molecule has 0 bridgehead atoms. The molecule has 0 saturated heterocycles. The van der Waals surface area contributed by atoms with Crippen LogP contribution in [-0.4, -0.2) is 57.9 Å². The van der Waals surface area contributed by atoms with Gasteiger partial charge in [-0.3, -0.25) is 4.79 Å². The molecule has 9 nitrogen and oxygen atoms in total. The van der Waals surface area contributed by atoms with E-state index in [-0.39, 0.29) is 24.4 Å². The zero-order valence-corrected chi connectivity index (χ0v) is 21.7. The van der Waals surface area contributed by atoms with E-state index in [1.54, 1.807) is 0 Å². The van der Waals surface area contributed by atoms with E-state index in [9.17, 15) is 30.2 Å². The number of nitrogens with zero attached hydrogens (tertiary/aromatic N) is 1. The topological polar surface area (TPSA) is 139 Å². The Labute approximate surface area is 219 Å². The number of esters is 1. The predicted octanol–water partition coefficient (Wildman–Crippen LogP) is 4.16. The monoisotopic (exact) mass is 521 g/mol. The van der Waals surface area contributed by atoms with E-state index < -0.39 is 23.4 Å². The van der Waals surface area contributed by atoms with Crippen molar-refractivity contribution in [1.29, 1.82) is 0 Å². The molecule has 0 unspecified atom stereocenters. The summed E-state index contributed by atoms with van der Waals surface area (Å²) in [6, 6.07) is 10.1. The Bertz CT molecular complexity index is 803. The first kappa shape index (κ1) is 30.7. The first-order chi connectivity index (χ1) is 17.9. The molecule has 9 heteroatoms. The normalized spacial score (nSPS) is 22.2. The van der Waals surface area contributed by atoms with Crippen LogP contribution < -0.4 is 0 Å². The molecule has 208 valence electrons. The maximum Gasteiger partial charge on any atom is 0.305 e. The minimum Gasteiger partial charge on any atom is -0.466 e.